The van der Waals surface area contributed by atoms with Crippen LogP contribution in [0.15, 0.2) is 115 Å². The summed E-state index contributed by atoms with van der Waals surface area (Å²) in [6.07, 6.45) is 5.62. The van der Waals surface area contributed by atoms with E-state index in [9.17, 15) is 0 Å². The maximum Gasteiger partial charge on any atom is 0.273 e. The number of rotatable bonds is 7. The topological polar surface area (TPSA) is 61.6 Å². The van der Waals surface area contributed by atoms with Gasteiger partial charge in [-0.15, -0.1) is 28.7 Å². The van der Waals surface area contributed by atoms with Crippen LogP contribution < -0.4 is 9.42 Å². The second-order valence-electron chi connectivity index (χ2n) is 24.7. The summed E-state index contributed by atoms with van der Waals surface area (Å²) >= 11 is 0. The molecule has 0 bridgehead atoms. The molecule has 4 heterocycles. The van der Waals surface area contributed by atoms with Gasteiger partial charge < -0.3 is 9.30 Å². The largest absolute Gasteiger partial charge is 0.522 e. The zero-order valence-electron chi connectivity index (χ0n) is 45.4. The molecule has 0 spiro atoms. The van der Waals surface area contributed by atoms with E-state index in [4.69, 9.17) is 19.8 Å². The molecule has 0 aliphatic carbocycles. The minimum atomic E-state index is -0.127. The van der Waals surface area contributed by atoms with Crippen LogP contribution in [0.1, 0.15) is 143 Å². The Labute approximate surface area is 443 Å². The minimum absolute atomic E-state index is 0. The number of ether oxygens (including phenoxy) is 1. The second-order valence-corrected chi connectivity index (χ2v) is 24.7. The number of fused-ring (bicyclic) bond motifs is 3. The normalized spacial score (nSPS) is 12.7. The van der Waals surface area contributed by atoms with Gasteiger partial charge in [0, 0.05) is 44.1 Å². The molecular formula is C64H70N6OPt-2. The molecule has 0 radical (unpaired) electrons. The van der Waals surface area contributed by atoms with E-state index in [2.05, 4.69) is 238 Å². The van der Waals surface area contributed by atoms with Gasteiger partial charge in [0.1, 0.15) is 5.82 Å². The molecule has 8 heteroatoms. The van der Waals surface area contributed by atoms with E-state index in [-0.39, 0.29) is 48.1 Å². The van der Waals surface area contributed by atoms with Crippen molar-refractivity contribution in [3.05, 3.63) is 173 Å². The molecule has 4 aromatic heterocycles. The number of pyridine rings is 2. The molecule has 0 N–H and O–H groups in total. The Kier molecular flexibility index (Phi) is 13.6. The van der Waals surface area contributed by atoms with Gasteiger partial charge in [-0.25, -0.2) is 4.98 Å². The molecule has 0 unspecified atom stereocenters. The number of nitrogens with zero attached hydrogens (tertiary/aromatic N) is 6. The summed E-state index contributed by atoms with van der Waals surface area (Å²) in [5.41, 5.74) is 13.4. The molecule has 0 saturated carbocycles. The molecule has 0 fully saturated rings. The van der Waals surface area contributed by atoms with Crippen molar-refractivity contribution in [2.75, 3.05) is 0 Å². The van der Waals surface area contributed by atoms with Crippen molar-refractivity contribution in [3.63, 3.8) is 0 Å². The summed E-state index contributed by atoms with van der Waals surface area (Å²) in [5.74, 6) is 3.05. The maximum atomic E-state index is 6.99. The van der Waals surface area contributed by atoms with Crippen molar-refractivity contribution < 1.29 is 30.5 Å². The van der Waals surface area contributed by atoms with Gasteiger partial charge in [-0.1, -0.05) is 182 Å². The molecule has 0 amide bonds. The fourth-order valence-corrected chi connectivity index (χ4v) is 9.23. The predicted octanol–water partition coefficient (Wildman–Crippen LogP) is 15.7. The Morgan fingerprint density at radius 1 is 0.542 bits per heavy atom. The molecule has 9 aromatic rings. The van der Waals surface area contributed by atoms with Gasteiger partial charge in [0.2, 0.25) is 0 Å². The molecule has 0 saturated heterocycles. The Morgan fingerprint density at radius 2 is 1.11 bits per heavy atom. The zero-order valence-corrected chi connectivity index (χ0v) is 47.6. The molecule has 7 nitrogen and oxygen atoms in total. The number of hydrogen-bond donors (Lipinski definition) is 0. The third-order valence-electron chi connectivity index (χ3n) is 13.7. The molecule has 9 rings (SSSR count). The molecular weight excluding hydrogens is 1060 g/mol. The van der Waals surface area contributed by atoms with Gasteiger partial charge in [0.05, 0.1) is 11.5 Å². The number of aryl methyl sites for hydroxylation is 2. The second kappa shape index (κ2) is 18.7. The molecule has 0 atom stereocenters. The van der Waals surface area contributed by atoms with E-state index >= 15 is 0 Å². The molecule has 72 heavy (non-hydrogen) atoms. The zero-order chi connectivity index (χ0) is 51.2. The van der Waals surface area contributed by atoms with Gasteiger partial charge in [-0.3, -0.25) is 9.55 Å². The van der Waals surface area contributed by atoms with Crippen LogP contribution >= 0.6 is 0 Å². The third-order valence-corrected chi connectivity index (χ3v) is 13.7. The van der Waals surface area contributed by atoms with Gasteiger partial charge in [-0.2, -0.15) is 16.8 Å². The maximum absolute atomic E-state index is 6.99. The van der Waals surface area contributed by atoms with E-state index in [1.54, 1.807) is 0 Å². The summed E-state index contributed by atoms with van der Waals surface area (Å²) in [4.78, 5) is 10.4. The van der Waals surface area contributed by atoms with Crippen LogP contribution in [-0.4, -0.2) is 24.2 Å². The SMILES string of the molecule is Cc1cccc(C)c1-c1cc(Oc2[c-]c3c(cc2)c2ccccc2n3-c2cc(C(C)(C)C)ccn2)[c-]c(-n2[c-][n+](-c3cc(C(C)(C)C)cc(C(C)(C)C)c3)nc2-c2cc(C(C)(C)C)cc(C(C)(C)C)c2)n1.[Pt]. The standard InChI is InChI=1S/C64H70N6O.Pt/c1-40-21-20-22-41(2)58(40)53-36-50(71-49-25-26-52-51-23-18-19-24-54(51)70(55(52)37-49)56-35-43(27-28-65-56)60(3,4)5)38-57(66-53)68-39-69(48-33-46(63(12,13)14)32-47(34-48)64(15,16)17)67-59(68)42-29-44(61(6,7)8)31-45(30-42)62(9,10)11;/h18-36H,1-17H3;/q-2;. The first-order valence-corrected chi connectivity index (χ1v) is 25.0. The van der Waals surface area contributed by atoms with E-state index in [0.29, 0.717) is 23.1 Å². The molecule has 0 aliphatic heterocycles. The smallest absolute Gasteiger partial charge is 0.273 e. The van der Waals surface area contributed by atoms with Crippen LogP contribution in [0.5, 0.6) is 11.5 Å². The van der Waals surface area contributed by atoms with Crippen LogP contribution in [0.25, 0.3) is 61.8 Å². The van der Waals surface area contributed by atoms with E-state index in [0.717, 1.165) is 61.3 Å². The van der Waals surface area contributed by atoms with Gasteiger partial charge in [0.25, 0.3) is 6.33 Å². The summed E-state index contributed by atoms with van der Waals surface area (Å²) in [6.45, 7) is 38.1. The van der Waals surface area contributed by atoms with Crippen LogP contribution in [0, 0.1) is 32.3 Å². The number of para-hydroxylation sites is 1. The average Bonchev–Trinajstić information content (AvgIpc) is 3.88. The third kappa shape index (κ3) is 10.4. The Hall–Kier alpha value is -6.17. The Balaban J connectivity index is 0.00000693. The summed E-state index contributed by atoms with van der Waals surface area (Å²) < 4.78 is 13.0. The average molecular weight is 1130 g/mol. The van der Waals surface area contributed by atoms with Crippen molar-refractivity contribution in [2.24, 2.45) is 0 Å². The predicted molar refractivity (Wildman–Crippen MR) is 292 cm³/mol. The summed E-state index contributed by atoms with van der Waals surface area (Å²) in [6, 6.07) is 46.3. The van der Waals surface area contributed by atoms with Crippen molar-refractivity contribution in [1.29, 1.82) is 0 Å². The van der Waals surface area contributed by atoms with E-state index in [1.807, 2.05) is 27.6 Å². The van der Waals surface area contributed by atoms with Crippen molar-refractivity contribution in [1.82, 2.24) is 24.2 Å². The van der Waals surface area contributed by atoms with E-state index < -0.39 is 0 Å². The fraction of sp³-hybridized carbons (Fsp3) is 0.344. The monoisotopic (exact) mass is 1130 g/mol. The van der Waals surface area contributed by atoms with Gasteiger partial charge >= 0.3 is 0 Å². The molecule has 0 aliphatic rings. The van der Waals surface area contributed by atoms with Gasteiger partial charge in [0.15, 0.2) is 5.82 Å². The first kappa shape index (κ1) is 52.2. The molecule has 5 aromatic carbocycles. The number of benzene rings is 5. The minimum Gasteiger partial charge on any atom is -0.522 e. The quantitative estimate of drug-likeness (QED) is 0.118. The molecule has 374 valence electrons. The van der Waals surface area contributed by atoms with E-state index in [1.165, 1.54) is 27.8 Å². The van der Waals surface area contributed by atoms with Crippen LogP contribution in [0.4, 0.5) is 0 Å². The van der Waals surface area contributed by atoms with Crippen LogP contribution in [-0.2, 0) is 48.1 Å². The first-order valence-electron chi connectivity index (χ1n) is 25.0. The fourth-order valence-electron chi connectivity index (χ4n) is 9.23. The first-order chi connectivity index (χ1) is 33.1. The Morgan fingerprint density at radius 3 is 1.69 bits per heavy atom. The summed E-state index contributed by atoms with van der Waals surface area (Å²) in [7, 11) is 0. The van der Waals surface area contributed by atoms with Gasteiger partial charge in [-0.05, 0) is 120 Å². The van der Waals surface area contributed by atoms with Crippen molar-refractivity contribution >= 4 is 21.8 Å². The van der Waals surface area contributed by atoms with Crippen LogP contribution in [0.2, 0.25) is 0 Å². The number of aromatic nitrogens is 6. The summed E-state index contributed by atoms with van der Waals surface area (Å²) in [5, 5.41) is 7.67. The van der Waals surface area contributed by atoms with Crippen molar-refractivity contribution in [3.8, 4) is 51.5 Å². The van der Waals surface area contributed by atoms with Crippen molar-refractivity contribution in [2.45, 2.75) is 145 Å². The van der Waals surface area contributed by atoms with Crippen LogP contribution in [0.3, 0.4) is 0 Å². The number of hydrogen-bond acceptors (Lipinski definition) is 4. The Bertz CT molecular complexity index is 3420.